The first-order valence-corrected chi connectivity index (χ1v) is 8.06. The van der Waals surface area contributed by atoms with E-state index >= 15 is 0 Å². The summed E-state index contributed by atoms with van der Waals surface area (Å²) in [7, 11) is 0. The fourth-order valence-corrected chi connectivity index (χ4v) is 1.76. The molecule has 0 heterocycles. The quantitative estimate of drug-likeness (QED) is 0.543. The van der Waals surface area contributed by atoms with Crippen molar-refractivity contribution in [3.05, 3.63) is 0 Å². The molecule has 0 saturated heterocycles. The Morgan fingerprint density at radius 1 is 0.905 bits per heavy atom. The third-order valence-electron chi connectivity index (χ3n) is 2.98. The second-order valence-corrected chi connectivity index (χ2v) is 6.05. The molecule has 0 radical (unpaired) electrons. The van der Waals surface area contributed by atoms with Crippen molar-refractivity contribution in [3.8, 4) is 0 Å². The molecule has 2 amide bonds. The van der Waals surface area contributed by atoms with E-state index in [-0.39, 0.29) is 24.5 Å². The van der Waals surface area contributed by atoms with Crippen molar-refractivity contribution in [2.75, 3.05) is 19.7 Å². The van der Waals surface area contributed by atoms with Crippen LogP contribution in [0.1, 0.15) is 59.8 Å². The molecule has 0 bridgehead atoms. The molecule has 0 spiro atoms. The fraction of sp³-hybridized carbons (Fsp3) is 0.875. The van der Waals surface area contributed by atoms with Crippen molar-refractivity contribution < 1.29 is 14.3 Å². The molecule has 21 heavy (non-hydrogen) atoms. The normalized spacial score (nSPS) is 11.0. The minimum Gasteiger partial charge on any atom is -0.369 e. The summed E-state index contributed by atoms with van der Waals surface area (Å²) < 4.78 is 5.20. The highest BCUT2D eigenvalue weighted by Gasteiger charge is 2.03. The number of ether oxygens (including phenoxy) is 1. The van der Waals surface area contributed by atoms with Crippen LogP contribution in [-0.2, 0) is 14.3 Å². The van der Waals surface area contributed by atoms with Crippen molar-refractivity contribution >= 4 is 11.8 Å². The lowest BCUT2D eigenvalue weighted by atomic mass is 10.1. The maximum absolute atomic E-state index is 11.5. The van der Waals surface area contributed by atoms with Gasteiger partial charge in [0, 0.05) is 19.5 Å². The molecular weight excluding hydrogens is 268 g/mol. The Morgan fingerprint density at radius 2 is 1.48 bits per heavy atom. The molecule has 0 aromatic rings. The van der Waals surface area contributed by atoms with Crippen molar-refractivity contribution in [2.45, 2.75) is 65.9 Å². The second kappa shape index (κ2) is 12.6. The zero-order valence-electron chi connectivity index (χ0n) is 14.0. The predicted octanol–water partition coefficient (Wildman–Crippen LogP) is 2.25. The molecule has 0 rings (SSSR count). The molecule has 2 N–H and O–H groups in total. The summed E-state index contributed by atoms with van der Waals surface area (Å²) >= 11 is 0. The topological polar surface area (TPSA) is 67.4 Å². The molecule has 0 fully saturated rings. The van der Waals surface area contributed by atoms with Crippen molar-refractivity contribution in [1.29, 1.82) is 0 Å². The van der Waals surface area contributed by atoms with Gasteiger partial charge in [0.2, 0.25) is 11.8 Å². The Bertz CT molecular complexity index is 291. The Hall–Kier alpha value is -1.10. The summed E-state index contributed by atoms with van der Waals surface area (Å²) in [5, 5.41) is 5.70. The van der Waals surface area contributed by atoms with E-state index in [4.69, 9.17) is 4.74 Å². The first-order valence-electron chi connectivity index (χ1n) is 8.06. The van der Waals surface area contributed by atoms with Gasteiger partial charge in [0.1, 0.15) is 6.61 Å². The van der Waals surface area contributed by atoms with Crippen LogP contribution in [0.25, 0.3) is 0 Å². The molecule has 0 aliphatic rings. The van der Waals surface area contributed by atoms with Crippen molar-refractivity contribution in [2.24, 2.45) is 5.92 Å². The standard InChI is InChI=1S/C16H32N2O3/c1-13(2)8-7-9-15(19)17-10-5-6-11-18-16(20)12-21-14(3)4/h13-14H,5-12H2,1-4H3,(H,17,19)(H,18,20). The van der Waals surface area contributed by atoms with E-state index < -0.39 is 0 Å². The fourth-order valence-electron chi connectivity index (χ4n) is 1.76. The van der Waals surface area contributed by atoms with Crippen LogP contribution in [0, 0.1) is 5.92 Å². The maximum atomic E-state index is 11.5. The highest BCUT2D eigenvalue weighted by Crippen LogP contribution is 2.05. The highest BCUT2D eigenvalue weighted by atomic mass is 16.5. The van der Waals surface area contributed by atoms with Crippen LogP contribution in [0.4, 0.5) is 0 Å². The van der Waals surface area contributed by atoms with Crippen molar-refractivity contribution in [1.82, 2.24) is 10.6 Å². The molecule has 5 nitrogen and oxygen atoms in total. The number of rotatable bonds is 12. The molecule has 0 unspecified atom stereocenters. The Morgan fingerprint density at radius 3 is 2.00 bits per heavy atom. The van der Waals surface area contributed by atoms with Gasteiger partial charge in [-0.05, 0) is 39.0 Å². The zero-order valence-corrected chi connectivity index (χ0v) is 14.0. The lowest BCUT2D eigenvalue weighted by Gasteiger charge is -2.09. The van der Waals surface area contributed by atoms with Crippen molar-refractivity contribution in [3.63, 3.8) is 0 Å². The molecule has 0 aliphatic heterocycles. The SMILES string of the molecule is CC(C)CCCC(=O)NCCCCNC(=O)COC(C)C. The zero-order chi connectivity index (χ0) is 16.1. The van der Waals surface area contributed by atoms with Gasteiger partial charge < -0.3 is 15.4 Å². The van der Waals surface area contributed by atoms with E-state index in [0.29, 0.717) is 25.4 Å². The van der Waals surface area contributed by atoms with E-state index in [9.17, 15) is 9.59 Å². The van der Waals surface area contributed by atoms with Gasteiger partial charge in [-0.15, -0.1) is 0 Å². The molecule has 0 saturated carbocycles. The molecule has 0 aromatic heterocycles. The maximum Gasteiger partial charge on any atom is 0.246 e. The van der Waals surface area contributed by atoms with Gasteiger partial charge in [-0.25, -0.2) is 0 Å². The number of amides is 2. The number of nitrogens with one attached hydrogen (secondary N) is 2. The largest absolute Gasteiger partial charge is 0.369 e. The van der Waals surface area contributed by atoms with Gasteiger partial charge in [-0.2, -0.15) is 0 Å². The van der Waals surface area contributed by atoms with Gasteiger partial charge in [0.25, 0.3) is 0 Å². The lowest BCUT2D eigenvalue weighted by molar-refractivity contribution is -0.127. The van der Waals surface area contributed by atoms with Crippen LogP contribution in [-0.4, -0.2) is 37.6 Å². The van der Waals surface area contributed by atoms with Gasteiger partial charge >= 0.3 is 0 Å². The van der Waals surface area contributed by atoms with Crippen LogP contribution >= 0.6 is 0 Å². The van der Waals surface area contributed by atoms with Crippen LogP contribution in [0.3, 0.4) is 0 Å². The Balaban J connectivity index is 3.35. The van der Waals surface area contributed by atoms with Crippen LogP contribution in [0.5, 0.6) is 0 Å². The number of hydrogen-bond donors (Lipinski definition) is 2. The third-order valence-corrected chi connectivity index (χ3v) is 2.98. The van der Waals surface area contributed by atoms with E-state index in [2.05, 4.69) is 24.5 Å². The molecule has 124 valence electrons. The average Bonchev–Trinajstić information content (AvgIpc) is 2.39. The predicted molar refractivity (Wildman–Crippen MR) is 85.0 cm³/mol. The summed E-state index contributed by atoms with van der Waals surface area (Å²) in [6.45, 7) is 9.55. The minimum absolute atomic E-state index is 0.0710. The van der Waals surface area contributed by atoms with E-state index in [1.54, 1.807) is 0 Å². The van der Waals surface area contributed by atoms with Gasteiger partial charge in [0.05, 0.1) is 6.10 Å². The highest BCUT2D eigenvalue weighted by molar-refractivity contribution is 5.77. The molecule has 0 aromatic carbocycles. The molecule has 0 aliphatic carbocycles. The Labute approximate surface area is 129 Å². The van der Waals surface area contributed by atoms with E-state index in [1.165, 1.54) is 0 Å². The summed E-state index contributed by atoms with van der Waals surface area (Å²) in [5.74, 6) is 0.701. The minimum atomic E-state index is -0.0820. The van der Waals surface area contributed by atoms with Crippen LogP contribution < -0.4 is 10.6 Å². The third kappa shape index (κ3) is 15.1. The van der Waals surface area contributed by atoms with E-state index in [0.717, 1.165) is 25.7 Å². The number of unbranched alkanes of at least 4 members (excludes halogenated alkanes) is 1. The van der Waals surface area contributed by atoms with E-state index in [1.807, 2.05) is 13.8 Å². The van der Waals surface area contributed by atoms with Crippen LogP contribution in [0.2, 0.25) is 0 Å². The smallest absolute Gasteiger partial charge is 0.246 e. The Kier molecular flexibility index (Phi) is 12.0. The van der Waals surface area contributed by atoms with Gasteiger partial charge in [0.15, 0.2) is 0 Å². The summed E-state index contributed by atoms with van der Waals surface area (Å²) in [6.07, 6.45) is 4.47. The van der Waals surface area contributed by atoms with Gasteiger partial charge in [-0.3, -0.25) is 9.59 Å². The monoisotopic (exact) mass is 300 g/mol. The van der Waals surface area contributed by atoms with Gasteiger partial charge in [-0.1, -0.05) is 20.3 Å². The second-order valence-electron chi connectivity index (χ2n) is 6.05. The average molecular weight is 300 g/mol. The summed E-state index contributed by atoms with van der Waals surface area (Å²) in [4.78, 5) is 22.9. The number of carbonyl (C=O) groups is 2. The molecule has 5 heteroatoms. The number of carbonyl (C=O) groups excluding carboxylic acids is 2. The van der Waals surface area contributed by atoms with Crippen LogP contribution in [0.15, 0.2) is 0 Å². The lowest BCUT2D eigenvalue weighted by Crippen LogP contribution is -2.30. The first-order chi connectivity index (χ1) is 9.91. The molecular formula is C16H32N2O3. The summed E-state index contributed by atoms with van der Waals surface area (Å²) in [5.41, 5.74) is 0. The number of hydrogen-bond acceptors (Lipinski definition) is 3. The molecule has 0 atom stereocenters. The summed E-state index contributed by atoms with van der Waals surface area (Å²) in [6, 6.07) is 0. The first kappa shape index (κ1) is 19.9.